The topological polar surface area (TPSA) is 90.1 Å². The Kier molecular flexibility index (Phi) is 4.02. The second-order valence-electron chi connectivity index (χ2n) is 4.92. The number of nitro groups is 1. The molecule has 0 aliphatic carbocycles. The lowest BCUT2D eigenvalue weighted by Gasteiger charge is -2.14. The maximum atomic E-state index is 12.2. The maximum Gasteiger partial charge on any atom is 0.307 e. The number of aromatic nitrogens is 2. The number of amides is 1. The molecule has 0 bridgehead atoms. The van der Waals surface area contributed by atoms with Gasteiger partial charge < -0.3 is 5.32 Å². The van der Waals surface area contributed by atoms with Gasteiger partial charge in [-0.2, -0.15) is 5.10 Å². The van der Waals surface area contributed by atoms with Gasteiger partial charge in [-0.1, -0.05) is 12.1 Å². The summed E-state index contributed by atoms with van der Waals surface area (Å²) in [7, 11) is 0. The summed E-state index contributed by atoms with van der Waals surface area (Å²) in [6, 6.07) is 5.13. The Morgan fingerprint density at radius 3 is 2.76 bits per heavy atom. The highest BCUT2D eigenvalue weighted by Gasteiger charge is 2.19. The van der Waals surface area contributed by atoms with E-state index in [1.54, 1.807) is 6.92 Å². The van der Waals surface area contributed by atoms with Crippen LogP contribution in [0.5, 0.6) is 0 Å². The molecule has 0 aliphatic heterocycles. The number of nitrogens with one attached hydrogen (secondary N) is 1. The van der Waals surface area contributed by atoms with Crippen LogP contribution in [0.1, 0.15) is 24.1 Å². The molecule has 7 nitrogen and oxygen atoms in total. The molecule has 0 aliphatic rings. The fourth-order valence-electron chi connectivity index (χ4n) is 1.86. The second-order valence-corrected chi connectivity index (χ2v) is 4.92. The number of hydrogen-bond donors (Lipinski definition) is 1. The van der Waals surface area contributed by atoms with E-state index in [1.165, 1.54) is 10.9 Å². The molecule has 0 spiro atoms. The van der Waals surface area contributed by atoms with E-state index in [0.29, 0.717) is 0 Å². The summed E-state index contributed by atoms with van der Waals surface area (Å²) in [5.74, 6) is -0.276. The Balaban J connectivity index is 2.15. The summed E-state index contributed by atoms with van der Waals surface area (Å²) in [5.41, 5.74) is 2.58. The molecule has 7 heteroatoms. The lowest BCUT2D eigenvalue weighted by Crippen LogP contribution is -2.24. The van der Waals surface area contributed by atoms with Crippen molar-refractivity contribution in [1.29, 1.82) is 0 Å². The molecule has 0 saturated carbocycles. The maximum absolute atomic E-state index is 12.2. The van der Waals surface area contributed by atoms with E-state index in [2.05, 4.69) is 10.4 Å². The Morgan fingerprint density at radius 2 is 2.14 bits per heavy atom. The number of aryl methyl sites for hydroxylation is 2. The van der Waals surface area contributed by atoms with Crippen LogP contribution in [-0.4, -0.2) is 20.6 Å². The molecule has 2 rings (SSSR count). The minimum atomic E-state index is -0.640. The van der Waals surface area contributed by atoms with Gasteiger partial charge in [-0.05, 0) is 38.0 Å². The van der Waals surface area contributed by atoms with E-state index in [9.17, 15) is 14.9 Å². The molecule has 110 valence electrons. The summed E-state index contributed by atoms with van der Waals surface area (Å²) in [4.78, 5) is 22.3. The quantitative estimate of drug-likeness (QED) is 0.691. The van der Waals surface area contributed by atoms with Gasteiger partial charge in [0.1, 0.15) is 18.4 Å². The SMILES string of the molecule is Cc1ccc(C)c(NC(=O)C(C)n2cc([N+](=O)[O-])cn2)c1. The van der Waals surface area contributed by atoms with Crippen molar-refractivity contribution in [2.75, 3.05) is 5.32 Å². The fraction of sp³-hybridized carbons (Fsp3) is 0.286. The fourth-order valence-corrected chi connectivity index (χ4v) is 1.86. The number of nitrogens with zero attached hydrogens (tertiary/aromatic N) is 3. The van der Waals surface area contributed by atoms with Gasteiger partial charge in [0.25, 0.3) is 0 Å². The van der Waals surface area contributed by atoms with E-state index in [4.69, 9.17) is 0 Å². The summed E-state index contributed by atoms with van der Waals surface area (Å²) < 4.78 is 1.28. The van der Waals surface area contributed by atoms with E-state index in [1.807, 2.05) is 32.0 Å². The minimum absolute atomic E-state index is 0.138. The van der Waals surface area contributed by atoms with E-state index >= 15 is 0 Å². The Labute approximate surface area is 121 Å². The molecule has 0 radical (unpaired) electrons. The van der Waals surface area contributed by atoms with E-state index < -0.39 is 11.0 Å². The van der Waals surface area contributed by atoms with Crippen molar-refractivity contribution in [3.05, 3.63) is 51.8 Å². The van der Waals surface area contributed by atoms with Gasteiger partial charge in [-0.3, -0.25) is 19.6 Å². The highest BCUT2D eigenvalue weighted by atomic mass is 16.6. The third kappa shape index (κ3) is 3.25. The van der Waals surface area contributed by atoms with Crippen molar-refractivity contribution in [3.63, 3.8) is 0 Å². The monoisotopic (exact) mass is 288 g/mol. The van der Waals surface area contributed by atoms with Gasteiger partial charge in [-0.15, -0.1) is 0 Å². The van der Waals surface area contributed by atoms with Crippen LogP contribution < -0.4 is 5.32 Å². The smallest absolute Gasteiger partial charge is 0.307 e. The highest BCUT2D eigenvalue weighted by molar-refractivity contribution is 5.94. The number of carbonyl (C=O) groups excluding carboxylic acids is 1. The summed E-state index contributed by atoms with van der Waals surface area (Å²) in [6.45, 7) is 5.48. The van der Waals surface area contributed by atoms with Gasteiger partial charge in [0.2, 0.25) is 5.91 Å². The zero-order valence-electron chi connectivity index (χ0n) is 12.0. The van der Waals surface area contributed by atoms with Crippen LogP contribution in [0.4, 0.5) is 11.4 Å². The number of anilines is 1. The molecular formula is C14H16N4O3. The van der Waals surface area contributed by atoms with Crippen LogP contribution >= 0.6 is 0 Å². The van der Waals surface area contributed by atoms with Crippen LogP contribution in [-0.2, 0) is 4.79 Å². The Bertz CT molecular complexity index is 693. The molecule has 1 N–H and O–H groups in total. The Morgan fingerprint density at radius 1 is 1.43 bits per heavy atom. The first kappa shape index (κ1) is 14.7. The molecule has 1 atom stereocenters. The molecule has 1 heterocycles. The lowest BCUT2D eigenvalue weighted by atomic mass is 10.1. The van der Waals surface area contributed by atoms with Gasteiger partial charge in [0.05, 0.1) is 4.92 Å². The summed E-state index contributed by atoms with van der Waals surface area (Å²) in [5, 5.41) is 17.3. The molecule has 1 unspecified atom stereocenters. The molecule has 1 aromatic carbocycles. The van der Waals surface area contributed by atoms with Crippen LogP contribution in [0.15, 0.2) is 30.6 Å². The van der Waals surface area contributed by atoms with E-state index in [-0.39, 0.29) is 11.6 Å². The molecule has 2 aromatic rings. The molecule has 1 amide bonds. The third-order valence-electron chi connectivity index (χ3n) is 3.23. The number of hydrogen-bond acceptors (Lipinski definition) is 4. The largest absolute Gasteiger partial charge is 0.324 e. The molecule has 1 aromatic heterocycles. The van der Waals surface area contributed by atoms with Crippen molar-refractivity contribution < 1.29 is 9.72 Å². The molecule has 0 saturated heterocycles. The van der Waals surface area contributed by atoms with E-state index in [0.717, 1.165) is 23.0 Å². The van der Waals surface area contributed by atoms with Crippen LogP contribution in [0.3, 0.4) is 0 Å². The van der Waals surface area contributed by atoms with Crippen molar-refractivity contribution in [2.24, 2.45) is 0 Å². The Hall–Kier alpha value is -2.70. The standard InChI is InChI=1S/C14H16N4O3/c1-9-4-5-10(2)13(6-9)16-14(19)11(3)17-8-12(7-15-17)18(20)21/h4-8,11H,1-3H3,(H,16,19). The normalized spacial score (nSPS) is 12.0. The predicted molar refractivity (Wildman–Crippen MR) is 78.1 cm³/mol. The van der Waals surface area contributed by atoms with Crippen LogP contribution in [0.25, 0.3) is 0 Å². The summed E-state index contributed by atoms with van der Waals surface area (Å²) in [6.07, 6.45) is 2.37. The number of rotatable bonds is 4. The van der Waals surface area contributed by atoms with Gasteiger partial charge in [0, 0.05) is 5.69 Å². The lowest BCUT2D eigenvalue weighted by molar-refractivity contribution is -0.385. The minimum Gasteiger partial charge on any atom is -0.324 e. The number of carbonyl (C=O) groups is 1. The summed E-state index contributed by atoms with van der Waals surface area (Å²) >= 11 is 0. The van der Waals surface area contributed by atoms with Crippen LogP contribution in [0.2, 0.25) is 0 Å². The predicted octanol–water partition coefficient (Wildman–Crippen LogP) is 2.61. The first-order valence-corrected chi connectivity index (χ1v) is 6.45. The van der Waals surface area contributed by atoms with Gasteiger partial charge >= 0.3 is 5.69 Å². The number of benzene rings is 1. The van der Waals surface area contributed by atoms with Crippen molar-refractivity contribution in [1.82, 2.24) is 9.78 Å². The molecule has 21 heavy (non-hydrogen) atoms. The van der Waals surface area contributed by atoms with Gasteiger partial charge in [0.15, 0.2) is 0 Å². The van der Waals surface area contributed by atoms with Crippen molar-refractivity contribution >= 4 is 17.3 Å². The first-order valence-electron chi connectivity index (χ1n) is 6.45. The zero-order chi connectivity index (χ0) is 15.6. The molecule has 0 fully saturated rings. The van der Waals surface area contributed by atoms with Gasteiger partial charge in [-0.25, -0.2) is 0 Å². The zero-order valence-corrected chi connectivity index (χ0v) is 12.0. The highest BCUT2D eigenvalue weighted by Crippen LogP contribution is 2.19. The third-order valence-corrected chi connectivity index (χ3v) is 3.23. The average molecular weight is 288 g/mol. The van der Waals surface area contributed by atoms with Crippen molar-refractivity contribution in [2.45, 2.75) is 26.8 Å². The molecular weight excluding hydrogens is 272 g/mol. The first-order chi connectivity index (χ1) is 9.88. The average Bonchev–Trinajstić information content (AvgIpc) is 2.91. The second kappa shape index (κ2) is 5.74. The van der Waals surface area contributed by atoms with Crippen LogP contribution in [0, 0.1) is 24.0 Å². The van der Waals surface area contributed by atoms with Crippen molar-refractivity contribution in [3.8, 4) is 0 Å².